The number of nitrogens with zero attached hydrogens (tertiary/aromatic N) is 1. The first-order valence-electron chi connectivity index (χ1n) is 6.65. The Balaban J connectivity index is 1.77. The smallest absolute Gasteiger partial charge is 0.269 e. The van der Waals surface area contributed by atoms with Crippen molar-refractivity contribution >= 4 is 5.69 Å². The Morgan fingerprint density at radius 3 is 2.50 bits per heavy atom. The molecule has 104 valence electrons. The van der Waals surface area contributed by atoms with Crippen LogP contribution in [0.1, 0.15) is 16.7 Å². The second-order valence-electron chi connectivity index (χ2n) is 4.84. The molecule has 0 amide bonds. The Bertz CT molecular complexity index is 579. The molecule has 2 aromatic rings. The molecule has 0 fully saturated rings. The monoisotopic (exact) mass is 270 g/mol. The van der Waals surface area contributed by atoms with Crippen LogP contribution >= 0.6 is 0 Å². The predicted molar refractivity (Wildman–Crippen MR) is 79.7 cm³/mol. The number of aryl methyl sites for hydroxylation is 1. The second-order valence-corrected chi connectivity index (χ2v) is 4.84. The average molecular weight is 270 g/mol. The topological polar surface area (TPSA) is 55.2 Å². The van der Waals surface area contributed by atoms with Crippen molar-refractivity contribution in [1.82, 2.24) is 5.32 Å². The number of nitro groups is 1. The van der Waals surface area contributed by atoms with E-state index in [4.69, 9.17) is 0 Å². The predicted octanol–water partition coefficient (Wildman–Crippen LogP) is 3.24. The van der Waals surface area contributed by atoms with Crippen LogP contribution in [-0.2, 0) is 13.0 Å². The first kappa shape index (κ1) is 14.2. The zero-order valence-electron chi connectivity index (χ0n) is 11.5. The summed E-state index contributed by atoms with van der Waals surface area (Å²) in [6.07, 6.45) is 0.865. The van der Waals surface area contributed by atoms with Crippen LogP contribution in [0.15, 0.2) is 48.5 Å². The van der Waals surface area contributed by atoms with Gasteiger partial charge in [0.1, 0.15) is 0 Å². The van der Waals surface area contributed by atoms with Crippen molar-refractivity contribution < 1.29 is 4.92 Å². The first-order chi connectivity index (χ1) is 9.65. The summed E-state index contributed by atoms with van der Waals surface area (Å²) in [5.41, 5.74) is 3.78. The van der Waals surface area contributed by atoms with Crippen molar-refractivity contribution in [3.63, 3.8) is 0 Å². The van der Waals surface area contributed by atoms with Gasteiger partial charge in [-0.3, -0.25) is 10.1 Å². The summed E-state index contributed by atoms with van der Waals surface area (Å²) in [6.45, 7) is 3.78. The number of nitrogens with one attached hydrogen (secondary N) is 1. The first-order valence-corrected chi connectivity index (χ1v) is 6.65. The zero-order valence-corrected chi connectivity index (χ0v) is 11.5. The molecule has 4 nitrogen and oxygen atoms in total. The van der Waals surface area contributed by atoms with Crippen molar-refractivity contribution in [3.8, 4) is 0 Å². The van der Waals surface area contributed by atoms with Crippen LogP contribution in [0.2, 0.25) is 0 Å². The average Bonchev–Trinajstić information content (AvgIpc) is 2.44. The molecule has 2 rings (SSSR count). The Hall–Kier alpha value is -2.20. The van der Waals surface area contributed by atoms with Gasteiger partial charge in [0.15, 0.2) is 0 Å². The largest absolute Gasteiger partial charge is 0.312 e. The highest BCUT2D eigenvalue weighted by atomic mass is 16.6. The molecule has 20 heavy (non-hydrogen) atoms. The van der Waals surface area contributed by atoms with E-state index in [1.165, 1.54) is 11.1 Å². The number of hydrogen-bond donors (Lipinski definition) is 1. The minimum Gasteiger partial charge on any atom is -0.312 e. The van der Waals surface area contributed by atoms with E-state index in [9.17, 15) is 10.1 Å². The van der Waals surface area contributed by atoms with Crippen LogP contribution < -0.4 is 5.32 Å². The lowest BCUT2D eigenvalue weighted by Crippen LogP contribution is -2.16. The minimum absolute atomic E-state index is 0.140. The van der Waals surface area contributed by atoms with Crippen molar-refractivity contribution in [2.24, 2.45) is 0 Å². The van der Waals surface area contributed by atoms with E-state index in [-0.39, 0.29) is 10.6 Å². The lowest BCUT2D eigenvalue weighted by molar-refractivity contribution is -0.384. The third-order valence-electron chi connectivity index (χ3n) is 3.15. The summed E-state index contributed by atoms with van der Waals surface area (Å²) in [5.74, 6) is 0. The van der Waals surface area contributed by atoms with Gasteiger partial charge in [-0.25, -0.2) is 0 Å². The van der Waals surface area contributed by atoms with Crippen molar-refractivity contribution in [2.75, 3.05) is 6.54 Å². The molecule has 2 aromatic carbocycles. The second kappa shape index (κ2) is 6.82. The summed E-state index contributed by atoms with van der Waals surface area (Å²) >= 11 is 0. The maximum atomic E-state index is 10.6. The van der Waals surface area contributed by atoms with Gasteiger partial charge >= 0.3 is 0 Å². The van der Waals surface area contributed by atoms with Gasteiger partial charge in [0.2, 0.25) is 0 Å². The molecular weight excluding hydrogens is 252 g/mol. The van der Waals surface area contributed by atoms with E-state index in [1.807, 2.05) is 12.1 Å². The van der Waals surface area contributed by atoms with Crippen LogP contribution in [-0.4, -0.2) is 11.5 Å². The number of nitro benzene ring substituents is 1. The zero-order chi connectivity index (χ0) is 14.4. The molecule has 0 bridgehead atoms. The van der Waals surface area contributed by atoms with E-state index in [0.29, 0.717) is 0 Å². The highest BCUT2D eigenvalue weighted by Crippen LogP contribution is 2.12. The molecule has 0 atom stereocenters. The molecule has 0 aliphatic carbocycles. The van der Waals surface area contributed by atoms with Gasteiger partial charge in [0, 0.05) is 18.7 Å². The number of non-ortho nitro benzene ring substituents is 1. The quantitative estimate of drug-likeness (QED) is 0.498. The molecule has 0 spiro atoms. The maximum absolute atomic E-state index is 10.6. The Labute approximate surface area is 118 Å². The fourth-order valence-electron chi connectivity index (χ4n) is 2.07. The van der Waals surface area contributed by atoms with Crippen LogP contribution in [0.4, 0.5) is 5.69 Å². The van der Waals surface area contributed by atoms with Crippen LogP contribution in [0.5, 0.6) is 0 Å². The molecule has 4 heteroatoms. The summed E-state index contributed by atoms with van der Waals surface area (Å²) < 4.78 is 0. The summed E-state index contributed by atoms with van der Waals surface area (Å²) in [7, 11) is 0. The molecular formula is C16H18N2O2. The van der Waals surface area contributed by atoms with Gasteiger partial charge in [0.25, 0.3) is 5.69 Å². The molecule has 0 aliphatic rings. The Morgan fingerprint density at radius 1 is 1.10 bits per heavy atom. The molecule has 0 saturated carbocycles. The molecule has 0 heterocycles. The SMILES string of the molecule is Cc1cccc(CNCCc2ccc([N+](=O)[O-])cc2)c1. The lowest BCUT2D eigenvalue weighted by atomic mass is 10.1. The van der Waals surface area contributed by atoms with Crippen molar-refractivity contribution in [3.05, 3.63) is 75.3 Å². The Kier molecular flexibility index (Phi) is 4.85. The minimum atomic E-state index is -0.375. The third-order valence-corrected chi connectivity index (χ3v) is 3.15. The molecule has 0 saturated heterocycles. The van der Waals surface area contributed by atoms with E-state index in [0.717, 1.165) is 25.1 Å². The summed E-state index contributed by atoms with van der Waals surface area (Å²) in [6, 6.07) is 15.1. The van der Waals surface area contributed by atoms with E-state index in [2.05, 4.69) is 36.5 Å². The van der Waals surface area contributed by atoms with E-state index in [1.54, 1.807) is 12.1 Å². The third kappa shape index (κ3) is 4.17. The van der Waals surface area contributed by atoms with Crippen molar-refractivity contribution in [2.45, 2.75) is 19.9 Å². The fraction of sp³-hybridized carbons (Fsp3) is 0.250. The van der Waals surface area contributed by atoms with Gasteiger partial charge in [-0.1, -0.05) is 42.0 Å². The van der Waals surface area contributed by atoms with Crippen molar-refractivity contribution in [1.29, 1.82) is 0 Å². The molecule has 0 unspecified atom stereocenters. The van der Waals surface area contributed by atoms with Gasteiger partial charge in [-0.05, 0) is 31.0 Å². The Morgan fingerprint density at radius 2 is 1.85 bits per heavy atom. The lowest BCUT2D eigenvalue weighted by Gasteiger charge is -2.06. The number of rotatable bonds is 6. The fourth-order valence-corrected chi connectivity index (χ4v) is 2.07. The molecule has 0 aromatic heterocycles. The van der Waals surface area contributed by atoms with Crippen LogP contribution in [0.25, 0.3) is 0 Å². The molecule has 0 radical (unpaired) electrons. The highest BCUT2D eigenvalue weighted by Gasteiger charge is 2.03. The van der Waals surface area contributed by atoms with Gasteiger partial charge < -0.3 is 5.32 Å². The normalized spacial score (nSPS) is 10.4. The number of benzene rings is 2. The van der Waals surface area contributed by atoms with E-state index < -0.39 is 0 Å². The number of hydrogen-bond acceptors (Lipinski definition) is 3. The highest BCUT2D eigenvalue weighted by molar-refractivity contribution is 5.33. The van der Waals surface area contributed by atoms with E-state index >= 15 is 0 Å². The van der Waals surface area contributed by atoms with Crippen LogP contribution in [0, 0.1) is 17.0 Å². The standard InChI is InChI=1S/C16H18N2O2/c1-13-3-2-4-15(11-13)12-17-10-9-14-5-7-16(8-6-14)18(19)20/h2-8,11,17H,9-10,12H2,1H3. The van der Waals surface area contributed by atoms with Gasteiger partial charge in [-0.2, -0.15) is 0 Å². The van der Waals surface area contributed by atoms with Gasteiger partial charge in [0.05, 0.1) is 4.92 Å². The molecule has 0 aliphatic heterocycles. The maximum Gasteiger partial charge on any atom is 0.269 e. The summed E-state index contributed by atoms with van der Waals surface area (Å²) in [5, 5.41) is 13.9. The molecule has 1 N–H and O–H groups in total. The van der Waals surface area contributed by atoms with Gasteiger partial charge in [-0.15, -0.1) is 0 Å². The van der Waals surface area contributed by atoms with Crippen LogP contribution in [0.3, 0.4) is 0 Å². The summed E-state index contributed by atoms with van der Waals surface area (Å²) in [4.78, 5) is 10.2.